The van der Waals surface area contributed by atoms with Crippen LogP contribution in [-0.4, -0.2) is 68.2 Å². The summed E-state index contributed by atoms with van der Waals surface area (Å²) >= 11 is 0. The van der Waals surface area contributed by atoms with Gasteiger partial charge >= 0.3 is 47.8 Å². The van der Waals surface area contributed by atoms with Gasteiger partial charge in [0, 0.05) is 0 Å². The van der Waals surface area contributed by atoms with Gasteiger partial charge in [0.1, 0.15) is 0 Å². The summed E-state index contributed by atoms with van der Waals surface area (Å²) in [5, 5.41) is 34.2. The van der Waals surface area contributed by atoms with Crippen molar-refractivity contribution in [2.45, 2.75) is 68.2 Å². The van der Waals surface area contributed by atoms with Crippen LogP contribution in [0, 0.1) is 14.9 Å². The molecule has 16 heteroatoms. The Hall–Kier alpha value is -8.96. The minimum absolute atomic E-state index is 0. The van der Waals surface area contributed by atoms with Gasteiger partial charge in [-0.1, -0.05) is 117 Å². The number of ether oxygens (including phenoxy) is 2. The second-order valence-corrected chi connectivity index (χ2v) is 10.2. The first-order valence-electron chi connectivity index (χ1n) is 17.5. The first-order valence-corrected chi connectivity index (χ1v) is 17.5. The molecule has 0 bridgehead atoms. The van der Waals surface area contributed by atoms with Crippen molar-refractivity contribution in [1.29, 1.82) is 0 Å². The van der Waals surface area contributed by atoms with E-state index < -0.39 is 47.8 Å². The van der Waals surface area contributed by atoms with Crippen LogP contribution in [-0.2, 0) is 9.47 Å². The number of cyclic esters (lactones) is 4. The van der Waals surface area contributed by atoms with Crippen LogP contribution in [0.1, 0.15) is 151 Å². The average molecular weight is 1320 g/mol. The summed E-state index contributed by atoms with van der Waals surface area (Å²) < 4.78 is 8.71. The van der Waals surface area contributed by atoms with E-state index in [2.05, 4.69) is 37.2 Å². The summed E-state index contributed by atoms with van der Waals surface area (Å²) in [6, 6.07) is 24.0. The van der Waals surface area contributed by atoms with Crippen molar-refractivity contribution in [3.63, 3.8) is 0 Å². The average Bonchev–Trinajstić information content (AvgIpc) is 3.66. The van der Waals surface area contributed by atoms with Gasteiger partial charge in [-0.3, -0.25) is 0 Å². The third kappa shape index (κ3) is 20.1. The van der Waals surface area contributed by atoms with Crippen LogP contribution < -0.4 is 0 Å². The Bertz CT molecular complexity index is 1670. The quantitative estimate of drug-likeness (QED) is 0.0846. The van der Waals surface area contributed by atoms with Gasteiger partial charge in [-0.05, 0) is 48.5 Å². The van der Waals surface area contributed by atoms with E-state index in [1.165, 1.54) is 61.4 Å². The predicted octanol–water partition coefficient (Wildman–Crippen LogP) is 9.95. The molecule has 0 spiro atoms. The van der Waals surface area contributed by atoms with Crippen LogP contribution in [0.25, 0.3) is 0 Å². The fraction of sp³-hybridized carbons (Fsp3) is 0.227. The molecule has 6 rings (SSSR count). The summed E-state index contributed by atoms with van der Waals surface area (Å²) in [7, 11) is 0. The first-order chi connectivity index (χ1) is 26.7. The minimum atomic E-state index is -1.23. The monoisotopic (exact) mass is 1320 g/mol. The third-order valence-corrected chi connectivity index (χ3v) is 5.88. The Kier molecular flexibility index (Phi) is 36.3. The van der Waals surface area contributed by atoms with Gasteiger partial charge in [0.15, 0.2) is 0 Å². The maximum absolute atomic E-state index is 10.8. The van der Waals surface area contributed by atoms with E-state index in [9.17, 15) is 38.4 Å². The molecule has 0 aromatic heterocycles. The van der Waals surface area contributed by atoms with Gasteiger partial charge in [-0.2, -0.15) is 0 Å². The summed E-state index contributed by atoms with van der Waals surface area (Å²) in [5.41, 5.74) is 0.676. The molecular weight excluding hydrogens is 1270 g/mol. The molecule has 0 saturated heterocycles. The zero-order chi connectivity index (χ0) is 43.4. The molecule has 4 aromatic rings. The molecule has 4 aromatic carbocycles. The van der Waals surface area contributed by atoms with Crippen LogP contribution in [0.2, 0.25) is 0 Å². The zero-order valence-corrected chi connectivity index (χ0v) is 39.9. The number of hydrogen-bond acceptors (Lipinski definition) is 10. The second kappa shape index (κ2) is 34.5. The van der Waals surface area contributed by atoms with Crippen LogP contribution in [0.5, 0.6) is 0 Å². The van der Waals surface area contributed by atoms with Crippen molar-refractivity contribution < 1.29 is 68.3 Å². The number of hydrogen-bond donors (Lipinski definition) is 4. The number of carbonyl (C=O) groups is 8. The largest absolute Gasteiger partial charge is 0.478 e. The molecule has 340 valence electrons. The smallest absolute Gasteiger partial charge is 0.346 e. The Labute approximate surface area is 340 Å². The SMILES string of the molecule is CC.CC.CCC.CCC.O=C(O)c1ccccc1C(=O)O.O=C(O)c1ccccc1C(=O)O.O=C1OC(=O)c2ccccc21.O=C1OC(=O)c2ccccc21.[CH3-].[CH3-].[Fm].[Fm]. The van der Waals surface area contributed by atoms with Gasteiger partial charge in [0.2, 0.25) is 0 Å². The third-order valence-electron chi connectivity index (χ3n) is 5.88. The van der Waals surface area contributed by atoms with Gasteiger partial charge in [-0.25, -0.2) is 38.4 Å². The minimum Gasteiger partial charge on any atom is -0.478 e. The fourth-order valence-corrected chi connectivity index (χ4v) is 3.78. The number of rotatable bonds is 4. The predicted molar refractivity (Wildman–Crippen MR) is 221 cm³/mol. The van der Waals surface area contributed by atoms with Crippen LogP contribution in [0.3, 0.4) is 0 Å². The molecule has 2 aliphatic rings. The van der Waals surface area contributed by atoms with Crippen molar-refractivity contribution in [2.75, 3.05) is 0 Å². The van der Waals surface area contributed by atoms with Crippen molar-refractivity contribution in [3.8, 4) is 0 Å². The van der Waals surface area contributed by atoms with E-state index in [0.717, 1.165) is 0 Å². The molecule has 0 atom stereocenters. The molecule has 60 heavy (non-hydrogen) atoms. The van der Waals surface area contributed by atoms with Crippen molar-refractivity contribution in [2.24, 2.45) is 0 Å². The van der Waals surface area contributed by atoms with E-state index in [1.807, 2.05) is 27.7 Å². The number of fused-ring (bicyclic) bond motifs is 2. The molecule has 4 N–H and O–H groups in total. The molecule has 2 aliphatic heterocycles. The number of aromatic carboxylic acids is 4. The maximum atomic E-state index is 10.8. The van der Waals surface area contributed by atoms with Crippen LogP contribution in [0.4, 0.5) is 0 Å². The zero-order valence-electron chi connectivity index (χ0n) is 35.1. The molecule has 14 nitrogen and oxygen atoms in total. The van der Waals surface area contributed by atoms with Crippen LogP contribution in [0.15, 0.2) is 97.1 Å². The summed E-state index contributed by atoms with van der Waals surface area (Å²) in [5.74, 6) is -7.12. The van der Waals surface area contributed by atoms with E-state index in [1.54, 1.807) is 48.5 Å². The van der Waals surface area contributed by atoms with E-state index in [4.69, 9.17) is 20.4 Å². The van der Waals surface area contributed by atoms with Crippen molar-refractivity contribution in [3.05, 3.63) is 156 Å². The normalized spacial score (nSPS) is 9.87. The fourth-order valence-electron chi connectivity index (χ4n) is 3.78. The Morgan fingerprint density at radius 3 is 0.650 bits per heavy atom. The Morgan fingerprint density at radius 1 is 0.383 bits per heavy atom. The van der Waals surface area contributed by atoms with Crippen molar-refractivity contribution >= 4 is 47.8 Å². The summed E-state index contributed by atoms with van der Waals surface area (Å²) in [4.78, 5) is 85.2. The van der Waals surface area contributed by atoms with Crippen molar-refractivity contribution in [1.82, 2.24) is 0 Å². The summed E-state index contributed by atoms with van der Waals surface area (Å²) in [6.07, 6.45) is 2.50. The van der Waals surface area contributed by atoms with Gasteiger partial charge < -0.3 is 44.8 Å². The number of carbonyl (C=O) groups excluding carboxylic acids is 4. The van der Waals surface area contributed by atoms with E-state index in [-0.39, 0.29) is 37.1 Å². The van der Waals surface area contributed by atoms with Gasteiger partial charge in [0.25, 0.3) is 0 Å². The van der Waals surface area contributed by atoms with E-state index in [0.29, 0.717) is 22.3 Å². The van der Waals surface area contributed by atoms with E-state index >= 15 is 0 Å². The first kappa shape index (κ1) is 63.0. The number of benzene rings is 4. The number of esters is 4. The molecule has 0 radical (unpaired) electrons. The standard InChI is InChI=1S/2C8H6O4.2C8H4O3.2C3H8.2C2H6.2CH3.2Fm/c2*9-7(10)5-3-1-2-4-6(5)8(11)12;2*9-7-5-3-1-2-4-6(5)8(10)11-7;2*1-3-2;2*1-2;;;;/h2*1-4H,(H,9,10)(H,11,12);2*1-4H;2*3H2,1-2H3;2*1-2H3;2*1H3;;/q;;;;;;;;2*-1;;. The molecular formula is C44H54Fm2O14-2. The van der Waals surface area contributed by atoms with Crippen LogP contribution >= 0.6 is 0 Å². The Morgan fingerprint density at radius 2 is 0.517 bits per heavy atom. The molecule has 0 aliphatic carbocycles. The molecule has 0 saturated carbocycles. The number of carboxylic acids is 4. The second-order valence-electron chi connectivity index (χ2n) is 10.2. The molecule has 2 heterocycles. The topological polar surface area (TPSA) is 236 Å². The Balaban J connectivity index is -0.000000148. The molecule has 0 fully saturated rings. The molecule has 0 unspecified atom stereocenters. The summed E-state index contributed by atoms with van der Waals surface area (Å²) in [6.45, 7) is 16.5. The maximum Gasteiger partial charge on any atom is 0.346 e. The van der Waals surface area contributed by atoms with Gasteiger partial charge in [0.05, 0.1) is 44.5 Å². The molecule has 0 amide bonds. The number of carboxylic acid groups (broad SMARTS) is 4. The van der Waals surface area contributed by atoms with Gasteiger partial charge in [-0.15, -0.1) is 0 Å².